The smallest absolute Gasteiger partial charge is 0.303 e. The molecule has 5 rings (SSSR count). The lowest BCUT2D eigenvalue weighted by molar-refractivity contribution is -0.175. The van der Waals surface area contributed by atoms with Gasteiger partial charge in [0.1, 0.15) is 0 Å². The summed E-state index contributed by atoms with van der Waals surface area (Å²) < 4.78 is 4.61. The average Bonchev–Trinajstić information content (AvgIpc) is 3.47. The van der Waals surface area contributed by atoms with Crippen molar-refractivity contribution < 1.29 is 29.3 Å². The Hall–Kier alpha value is -1.66. The van der Waals surface area contributed by atoms with Gasteiger partial charge in [-0.3, -0.25) is 9.59 Å². The van der Waals surface area contributed by atoms with Crippen LogP contribution in [-0.2, 0) is 4.79 Å². The number of aliphatic carboxylic acids is 1. The molecule has 6 heteroatoms. The topological polar surface area (TPSA) is 108 Å². The molecular weight excluding hydrogens is 444 g/mol. The van der Waals surface area contributed by atoms with Gasteiger partial charge in [0, 0.05) is 6.42 Å². The highest BCUT2D eigenvalue weighted by Crippen LogP contribution is 2.68. The van der Waals surface area contributed by atoms with E-state index in [1.54, 1.807) is 12.1 Å². The van der Waals surface area contributed by atoms with Gasteiger partial charge in [-0.15, -0.1) is 0 Å². The molecule has 0 amide bonds. The standard InChI is InChI=1S/C24H40O4.C5H4O2/c1-14(4-9-22(27)28)18-7-8-19-17-6-5-15-12-16(25)10-11-23(15,2)20(17)13-21(26)24(18,19)3;6-4-5-2-1-3-7-5/h14-21,25-26H,4-13H2,1-3H3,(H,27,28);1-4H/t14-,15-,16-,17+,18-,19+,20+,21+,23+,24-;/m1./s1. The minimum atomic E-state index is -0.707. The number of furan rings is 1. The Balaban J connectivity index is 0.000000356. The highest BCUT2D eigenvalue weighted by Gasteiger charge is 2.63. The van der Waals surface area contributed by atoms with E-state index in [2.05, 4.69) is 25.2 Å². The summed E-state index contributed by atoms with van der Waals surface area (Å²) in [4.78, 5) is 20.8. The largest absolute Gasteiger partial charge is 0.481 e. The van der Waals surface area contributed by atoms with Gasteiger partial charge >= 0.3 is 5.97 Å². The predicted octanol–water partition coefficient (Wildman–Crippen LogP) is 5.57. The fraction of sp³-hybridized carbons (Fsp3) is 0.793. The van der Waals surface area contributed by atoms with Gasteiger partial charge in [0.15, 0.2) is 12.0 Å². The van der Waals surface area contributed by atoms with Crippen LogP contribution in [-0.4, -0.2) is 39.8 Å². The van der Waals surface area contributed by atoms with Crippen LogP contribution in [0.25, 0.3) is 0 Å². The number of aldehydes is 1. The molecule has 1 heterocycles. The van der Waals surface area contributed by atoms with Crippen molar-refractivity contribution in [3.8, 4) is 0 Å². The zero-order valence-corrected chi connectivity index (χ0v) is 21.6. The molecule has 0 saturated heterocycles. The van der Waals surface area contributed by atoms with E-state index in [1.807, 2.05) is 0 Å². The lowest BCUT2D eigenvalue weighted by Crippen LogP contribution is -2.58. The maximum absolute atomic E-state index is 11.5. The van der Waals surface area contributed by atoms with E-state index in [0.717, 1.165) is 38.5 Å². The molecule has 3 N–H and O–H groups in total. The van der Waals surface area contributed by atoms with Gasteiger partial charge in [-0.2, -0.15) is 0 Å². The molecule has 10 atom stereocenters. The molecule has 0 radical (unpaired) electrons. The van der Waals surface area contributed by atoms with Crippen LogP contribution >= 0.6 is 0 Å². The molecule has 4 aliphatic rings. The molecule has 0 bridgehead atoms. The van der Waals surface area contributed by atoms with Crippen LogP contribution in [0.5, 0.6) is 0 Å². The van der Waals surface area contributed by atoms with Gasteiger partial charge < -0.3 is 19.7 Å². The monoisotopic (exact) mass is 488 g/mol. The van der Waals surface area contributed by atoms with Crippen LogP contribution in [0.15, 0.2) is 22.8 Å². The second-order valence-electron chi connectivity index (χ2n) is 12.4. The zero-order chi connectivity index (χ0) is 25.4. The molecule has 196 valence electrons. The fourth-order valence-corrected chi connectivity index (χ4v) is 9.07. The van der Waals surface area contributed by atoms with E-state index >= 15 is 0 Å². The summed E-state index contributed by atoms with van der Waals surface area (Å²) in [7, 11) is 0. The summed E-state index contributed by atoms with van der Waals surface area (Å²) in [6, 6.07) is 3.27. The van der Waals surface area contributed by atoms with Crippen molar-refractivity contribution in [2.75, 3.05) is 0 Å². The highest BCUT2D eigenvalue weighted by molar-refractivity contribution is 5.70. The fourth-order valence-electron chi connectivity index (χ4n) is 9.07. The lowest BCUT2D eigenvalue weighted by Gasteiger charge is -2.62. The number of carboxylic acids is 1. The molecule has 4 fully saturated rings. The number of rotatable bonds is 5. The first kappa shape index (κ1) is 26.4. The number of hydrogen-bond acceptors (Lipinski definition) is 5. The predicted molar refractivity (Wildman–Crippen MR) is 133 cm³/mol. The van der Waals surface area contributed by atoms with Crippen LogP contribution in [0, 0.1) is 46.3 Å². The van der Waals surface area contributed by atoms with Crippen molar-refractivity contribution in [1.29, 1.82) is 0 Å². The van der Waals surface area contributed by atoms with Crippen LogP contribution in [0.4, 0.5) is 0 Å². The molecule has 4 saturated carbocycles. The first-order valence-electron chi connectivity index (χ1n) is 13.7. The van der Waals surface area contributed by atoms with Gasteiger partial charge in [-0.05, 0) is 116 Å². The summed E-state index contributed by atoms with van der Waals surface area (Å²) in [5.41, 5.74) is 0.216. The minimum absolute atomic E-state index is 0.0591. The van der Waals surface area contributed by atoms with Crippen molar-refractivity contribution in [1.82, 2.24) is 0 Å². The number of fused-ring (bicyclic) bond motifs is 5. The van der Waals surface area contributed by atoms with Gasteiger partial charge in [-0.1, -0.05) is 20.8 Å². The molecule has 4 aliphatic carbocycles. The molecule has 1 aromatic rings. The zero-order valence-electron chi connectivity index (χ0n) is 21.6. The molecule has 35 heavy (non-hydrogen) atoms. The van der Waals surface area contributed by atoms with Crippen LogP contribution in [0.3, 0.4) is 0 Å². The van der Waals surface area contributed by atoms with Crippen molar-refractivity contribution in [2.45, 2.75) is 97.2 Å². The van der Waals surface area contributed by atoms with Crippen molar-refractivity contribution in [2.24, 2.45) is 46.3 Å². The molecule has 6 nitrogen and oxygen atoms in total. The third-order valence-electron chi connectivity index (χ3n) is 11.0. The number of aliphatic hydroxyl groups excluding tert-OH is 2. The van der Waals surface area contributed by atoms with Crippen molar-refractivity contribution in [3.63, 3.8) is 0 Å². The molecule has 0 aliphatic heterocycles. The summed E-state index contributed by atoms with van der Waals surface area (Å²) >= 11 is 0. The van der Waals surface area contributed by atoms with E-state index in [-0.39, 0.29) is 29.5 Å². The van der Waals surface area contributed by atoms with Gasteiger partial charge in [0.25, 0.3) is 0 Å². The number of carboxylic acid groups (broad SMARTS) is 1. The molecule has 0 aromatic carbocycles. The highest BCUT2D eigenvalue weighted by atomic mass is 16.4. The summed E-state index contributed by atoms with van der Waals surface area (Å²) in [5, 5.41) is 30.8. The quantitative estimate of drug-likeness (QED) is 0.468. The Kier molecular flexibility index (Phi) is 7.82. The first-order valence-corrected chi connectivity index (χ1v) is 13.7. The third-order valence-corrected chi connectivity index (χ3v) is 11.0. The van der Waals surface area contributed by atoms with Gasteiger partial charge in [-0.25, -0.2) is 0 Å². The Morgan fingerprint density at radius 1 is 1.14 bits per heavy atom. The second-order valence-corrected chi connectivity index (χ2v) is 12.4. The molecule has 0 unspecified atom stereocenters. The Morgan fingerprint density at radius 2 is 1.91 bits per heavy atom. The number of aliphatic hydroxyl groups is 2. The van der Waals surface area contributed by atoms with E-state index in [4.69, 9.17) is 5.11 Å². The SMILES string of the molecule is C[C@H](CCC(=O)O)[C@H]1CC[C@H]2[C@@H]3CC[C@@H]4C[C@H](O)CC[C@]4(C)[C@H]3C[C@H](O)[C@]12C.O=Cc1ccco1. The van der Waals surface area contributed by atoms with E-state index in [0.29, 0.717) is 47.6 Å². The minimum Gasteiger partial charge on any atom is -0.481 e. The van der Waals surface area contributed by atoms with E-state index in [9.17, 15) is 19.8 Å². The van der Waals surface area contributed by atoms with Gasteiger partial charge in [0.2, 0.25) is 0 Å². The van der Waals surface area contributed by atoms with Crippen LogP contribution in [0.2, 0.25) is 0 Å². The third kappa shape index (κ3) is 4.85. The Bertz CT molecular complexity index is 867. The van der Waals surface area contributed by atoms with Gasteiger partial charge in [0.05, 0.1) is 18.5 Å². The van der Waals surface area contributed by atoms with Crippen molar-refractivity contribution >= 4 is 12.3 Å². The van der Waals surface area contributed by atoms with E-state index in [1.165, 1.54) is 25.5 Å². The maximum Gasteiger partial charge on any atom is 0.303 e. The normalized spacial score (nSPS) is 43.1. The first-order chi connectivity index (χ1) is 16.6. The van der Waals surface area contributed by atoms with Crippen molar-refractivity contribution in [3.05, 3.63) is 24.2 Å². The van der Waals surface area contributed by atoms with Crippen LogP contribution < -0.4 is 0 Å². The lowest BCUT2D eigenvalue weighted by atomic mass is 9.43. The molecule has 0 spiro atoms. The number of carbonyl (C=O) groups excluding carboxylic acids is 1. The van der Waals surface area contributed by atoms with Crippen LogP contribution in [0.1, 0.15) is 95.5 Å². The summed E-state index contributed by atoms with van der Waals surface area (Å²) in [6.45, 7) is 6.99. The molecular formula is C29H44O6. The number of hydrogen-bond donors (Lipinski definition) is 3. The Morgan fingerprint density at radius 3 is 2.54 bits per heavy atom. The van der Waals surface area contributed by atoms with E-state index < -0.39 is 5.97 Å². The number of carbonyl (C=O) groups is 2. The Labute approximate surface area is 209 Å². The summed E-state index contributed by atoms with van der Waals surface area (Å²) in [5.74, 6) is 2.92. The molecule has 1 aromatic heterocycles. The average molecular weight is 489 g/mol. The maximum atomic E-state index is 11.5. The second kappa shape index (κ2) is 10.4. The summed E-state index contributed by atoms with van der Waals surface area (Å²) in [6.07, 6.45) is 11.4.